The average molecular weight is 223 g/mol. The third kappa shape index (κ3) is 5.11. The van der Waals surface area contributed by atoms with Crippen LogP contribution < -0.4 is 0 Å². The van der Waals surface area contributed by atoms with Gasteiger partial charge in [0.1, 0.15) is 6.61 Å². The quantitative estimate of drug-likeness (QED) is 0.420. The van der Waals surface area contributed by atoms with Crippen LogP contribution in [0.5, 0.6) is 0 Å². The predicted molar refractivity (Wildman–Crippen MR) is 60.3 cm³/mol. The number of hydrogen-bond donors (Lipinski definition) is 0. The van der Waals surface area contributed by atoms with Gasteiger partial charge in [-0.05, 0) is 11.6 Å². The largest absolute Gasteiger partial charge is 0.749 e. The second-order valence-corrected chi connectivity index (χ2v) is 3.54. The van der Waals surface area contributed by atoms with Crippen LogP contribution in [0.2, 0.25) is 0 Å². The molecule has 0 radical (unpaired) electrons. The molecule has 0 aliphatic rings. The van der Waals surface area contributed by atoms with Crippen LogP contribution in [-0.2, 0) is 13.6 Å². The van der Waals surface area contributed by atoms with Crippen LogP contribution in [-0.4, -0.2) is 6.61 Å². The van der Waals surface area contributed by atoms with Gasteiger partial charge in [0.15, 0.2) is 6.26 Å². The van der Waals surface area contributed by atoms with E-state index >= 15 is 0 Å². The van der Waals surface area contributed by atoms with Gasteiger partial charge in [0.2, 0.25) is 0 Å². The van der Waals surface area contributed by atoms with E-state index < -0.39 is 8.25 Å². The molecule has 0 saturated carbocycles. The molecule has 0 heterocycles. The van der Waals surface area contributed by atoms with Crippen molar-refractivity contribution < 1.29 is 13.6 Å². The lowest BCUT2D eigenvalue weighted by Crippen LogP contribution is -1.79. The first-order valence-electron chi connectivity index (χ1n) is 4.42. The summed E-state index contributed by atoms with van der Waals surface area (Å²) in [6.07, 6.45) is 4.58. The van der Waals surface area contributed by atoms with Crippen molar-refractivity contribution in [2.24, 2.45) is 0 Å². The number of benzene rings is 1. The zero-order valence-electron chi connectivity index (χ0n) is 8.20. The molecule has 1 aromatic carbocycles. The van der Waals surface area contributed by atoms with Crippen molar-refractivity contribution in [3.63, 3.8) is 0 Å². The molecule has 1 aromatic rings. The number of hydrogen-bond acceptors (Lipinski definition) is 3. The first kappa shape index (κ1) is 11.6. The Morgan fingerprint density at radius 3 is 2.73 bits per heavy atom. The standard InChI is InChI=1S/C11H12O3P/c1-2-9-13-15(12)14-10-8-11-6-4-3-5-7-11/h2-8,10H,1,9H2/q+1. The molecule has 0 spiro atoms. The van der Waals surface area contributed by atoms with E-state index in [1.165, 1.54) is 12.3 Å². The van der Waals surface area contributed by atoms with E-state index in [-0.39, 0.29) is 6.61 Å². The summed E-state index contributed by atoms with van der Waals surface area (Å²) in [6.45, 7) is 3.65. The molecule has 0 amide bonds. The normalized spacial score (nSPS) is 11.3. The molecule has 0 fully saturated rings. The minimum atomic E-state index is -2.09. The summed E-state index contributed by atoms with van der Waals surface area (Å²) in [5.74, 6) is 0. The monoisotopic (exact) mass is 223 g/mol. The van der Waals surface area contributed by atoms with E-state index in [0.29, 0.717) is 0 Å². The van der Waals surface area contributed by atoms with Crippen molar-refractivity contribution >= 4 is 14.3 Å². The molecular weight excluding hydrogens is 211 g/mol. The zero-order valence-corrected chi connectivity index (χ0v) is 9.10. The smallest absolute Gasteiger partial charge is 0.237 e. The van der Waals surface area contributed by atoms with Crippen LogP contribution in [0.4, 0.5) is 0 Å². The Morgan fingerprint density at radius 2 is 2.07 bits per heavy atom. The molecule has 0 N–H and O–H groups in total. The van der Waals surface area contributed by atoms with E-state index in [4.69, 9.17) is 9.05 Å². The fourth-order valence-electron chi connectivity index (χ4n) is 0.867. The summed E-state index contributed by atoms with van der Waals surface area (Å²) in [4.78, 5) is 0. The van der Waals surface area contributed by atoms with Gasteiger partial charge in [-0.3, -0.25) is 0 Å². The van der Waals surface area contributed by atoms with Crippen molar-refractivity contribution in [1.29, 1.82) is 0 Å². The van der Waals surface area contributed by atoms with Gasteiger partial charge in [-0.25, -0.2) is 4.52 Å². The minimum absolute atomic E-state index is 0.217. The van der Waals surface area contributed by atoms with Crippen molar-refractivity contribution in [2.45, 2.75) is 0 Å². The van der Waals surface area contributed by atoms with Gasteiger partial charge in [0.25, 0.3) is 0 Å². The molecule has 0 aromatic heterocycles. The maximum atomic E-state index is 11.0. The van der Waals surface area contributed by atoms with Gasteiger partial charge in [-0.1, -0.05) is 36.4 Å². The fourth-order valence-corrected chi connectivity index (χ4v) is 1.32. The predicted octanol–water partition coefficient (Wildman–Crippen LogP) is 3.53. The molecule has 0 aliphatic heterocycles. The van der Waals surface area contributed by atoms with E-state index in [2.05, 4.69) is 6.58 Å². The highest BCUT2D eigenvalue weighted by Crippen LogP contribution is 2.24. The lowest BCUT2D eigenvalue weighted by atomic mass is 10.2. The first-order valence-corrected chi connectivity index (χ1v) is 5.52. The van der Waals surface area contributed by atoms with Gasteiger partial charge in [-0.15, -0.1) is 11.1 Å². The Balaban J connectivity index is 2.33. The lowest BCUT2D eigenvalue weighted by Gasteiger charge is -1.88. The van der Waals surface area contributed by atoms with Crippen molar-refractivity contribution in [2.75, 3.05) is 6.61 Å². The summed E-state index contributed by atoms with van der Waals surface area (Å²) in [6, 6.07) is 9.57. The summed E-state index contributed by atoms with van der Waals surface area (Å²) in [7, 11) is -2.09. The van der Waals surface area contributed by atoms with Crippen LogP contribution in [0.25, 0.3) is 6.08 Å². The topological polar surface area (TPSA) is 35.5 Å². The Hall–Kier alpha value is -1.44. The van der Waals surface area contributed by atoms with E-state index in [0.717, 1.165) is 5.56 Å². The van der Waals surface area contributed by atoms with E-state index in [1.807, 2.05) is 30.3 Å². The van der Waals surface area contributed by atoms with Crippen LogP contribution in [0.15, 0.2) is 49.2 Å². The van der Waals surface area contributed by atoms with E-state index in [1.54, 1.807) is 6.08 Å². The van der Waals surface area contributed by atoms with Crippen LogP contribution in [0, 0.1) is 0 Å². The van der Waals surface area contributed by atoms with Gasteiger partial charge >= 0.3 is 8.25 Å². The van der Waals surface area contributed by atoms with Crippen LogP contribution in [0.3, 0.4) is 0 Å². The molecule has 3 nitrogen and oxygen atoms in total. The highest BCUT2D eigenvalue weighted by molar-refractivity contribution is 7.33. The summed E-state index contributed by atoms with van der Waals surface area (Å²) < 4.78 is 20.6. The molecule has 0 bridgehead atoms. The first-order chi connectivity index (χ1) is 7.33. The van der Waals surface area contributed by atoms with Gasteiger partial charge < -0.3 is 0 Å². The summed E-state index contributed by atoms with van der Waals surface area (Å²) >= 11 is 0. The third-order valence-electron chi connectivity index (χ3n) is 1.50. The molecule has 4 heteroatoms. The van der Waals surface area contributed by atoms with Gasteiger partial charge in [-0.2, -0.15) is 0 Å². The maximum absolute atomic E-state index is 11.0. The molecule has 1 atom stereocenters. The zero-order chi connectivity index (χ0) is 10.9. The Morgan fingerprint density at radius 1 is 1.33 bits per heavy atom. The number of rotatable bonds is 6. The van der Waals surface area contributed by atoms with Crippen molar-refractivity contribution in [1.82, 2.24) is 0 Å². The highest BCUT2D eigenvalue weighted by Gasteiger charge is 2.16. The highest BCUT2D eigenvalue weighted by atomic mass is 31.1. The third-order valence-corrected chi connectivity index (χ3v) is 2.16. The van der Waals surface area contributed by atoms with Gasteiger partial charge in [0.05, 0.1) is 0 Å². The van der Waals surface area contributed by atoms with E-state index in [9.17, 15) is 4.57 Å². The molecular formula is C11H12O3P+. The molecule has 0 aliphatic carbocycles. The Labute approximate surface area is 90.0 Å². The van der Waals surface area contributed by atoms with Crippen LogP contribution >= 0.6 is 8.25 Å². The summed E-state index contributed by atoms with van der Waals surface area (Å²) in [5.41, 5.74) is 0.977. The SMILES string of the molecule is C=CCO[P+](=O)OC=Cc1ccccc1. The minimum Gasteiger partial charge on any atom is -0.237 e. The average Bonchev–Trinajstić information content (AvgIpc) is 2.28. The Bertz CT molecular complexity index is 346. The molecule has 0 saturated heterocycles. The molecule has 1 unspecified atom stereocenters. The van der Waals surface area contributed by atoms with Crippen molar-refractivity contribution in [3.05, 3.63) is 54.8 Å². The molecule has 15 heavy (non-hydrogen) atoms. The second kappa shape index (κ2) is 6.93. The van der Waals surface area contributed by atoms with Crippen LogP contribution in [0.1, 0.15) is 5.56 Å². The second-order valence-electron chi connectivity index (χ2n) is 2.63. The molecule has 78 valence electrons. The summed E-state index contributed by atoms with van der Waals surface area (Å²) in [5, 5.41) is 0. The molecule has 1 rings (SSSR count). The maximum Gasteiger partial charge on any atom is 0.749 e. The Kier molecular flexibility index (Phi) is 5.38. The van der Waals surface area contributed by atoms with Crippen molar-refractivity contribution in [3.8, 4) is 0 Å². The lowest BCUT2D eigenvalue weighted by molar-refractivity contribution is 0.300. The fraction of sp³-hybridized carbons (Fsp3) is 0.0909. The van der Waals surface area contributed by atoms with Gasteiger partial charge in [0, 0.05) is 4.57 Å².